The summed E-state index contributed by atoms with van der Waals surface area (Å²) in [5, 5.41) is 0.950. The molecule has 1 fully saturated rings. The number of allylic oxidation sites excluding steroid dienone is 1. The molecule has 1 saturated heterocycles. The molecule has 2 heterocycles. The zero-order chi connectivity index (χ0) is 27.6. The van der Waals surface area contributed by atoms with Crippen LogP contribution in [-0.4, -0.2) is 24.6 Å². The first-order chi connectivity index (χ1) is 18.9. The van der Waals surface area contributed by atoms with E-state index >= 15 is 0 Å². The first-order valence-electron chi connectivity index (χ1n) is 14.1. The molecular weight excluding hydrogens is 488 g/mol. The van der Waals surface area contributed by atoms with Crippen LogP contribution >= 0.6 is 0 Å². The highest BCUT2D eigenvalue weighted by atomic mass is 16.6. The molecule has 0 N–H and O–H groups in total. The number of rotatable bonds is 11. The minimum absolute atomic E-state index is 0.0818. The Morgan fingerprint density at radius 2 is 1.77 bits per heavy atom. The number of ether oxygens (including phenoxy) is 2. The summed E-state index contributed by atoms with van der Waals surface area (Å²) in [5.74, 6) is 7.09. The van der Waals surface area contributed by atoms with E-state index in [4.69, 9.17) is 13.9 Å². The van der Waals surface area contributed by atoms with Crippen LogP contribution in [0.2, 0.25) is 0 Å². The Hall–Kier alpha value is -3.78. The molecule has 1 aromatic heterocycles. The normalized spacial score (nSPS) is 15.9. The fourth-order valence-corrected chi connectivity index (χ4v) is 4.93. The standard InChI is InChI=1S/C34H38O5/c1-4-6-25(7-5-2)14-16-28-21-31(39-34(28)36)23-37-33(35)19-17-30-22-29-20-27(15-18-32(29)38-30)13-12-26-10-8-24(3)9-11-26/h8-11,15-16,18,20,22,25,31H,4-7,14,17,19,21,23H2,1-3H3/b28-16+. The molecule has 3 aromatic rings. The summed E-state index contributed by atoms with van der Waals surface area (Å²) in [6.07, 6.45) is 8.28. The van der Waals surface area contributed by atoms with Gasteiger partial charge in [-0.2, -0.15) is 0 Å². The lowest BCUT2D eigenvalue weighted by molar-refractivity contribution is -0.152. The molecular formula is C34H38O5. The Morgan fingerprint density at radius 1 is 1.05 bits per heavy atom. The molecule has 5 nitrogen and oxygen atoms in total. The van der Waals surface area contributed by atoms with Crippen molar-refractivity contribution in [3.63, 3.8) is 0 Å². The highest BCUT2D eigenvalue weighted by molar-refractivity contribution is 5.90. The summed E-state index contributed by atoms with van der Waals surface area (Å²) in [6, 6.07) is 15.9. The molecule has 5 heteroatoms. The number of hydrogen-bond acceptors (Lipinski definition) is 5. The predicted molar refractivity (Wildman–Crippen MR) is 153 cm³/mol. The van der Waals surface area contributed by atoms with Gasteiger partial charge < -0.3 is 13.9 Å². The fourth-order valence-electron chi connectivity index (χ4n) is 4.93. The Bertz CT molecular complexity index is 1360. The molecule has 204 valence electrons. The average molecular weight is 527 g/mol. The number of cyclic esters (lactones) is 1. The van der Waals surface area contributed by atoms with Gasteiger partial charge in [0.2, 0.25) is 0 Å². The minimum Gasteiger partial charge on any atom is -0.462 e. The maximum atomic E-state index is 12.4. The Morgan fingerprint density at radius 3 is 2.51 bits per heavy atom. The van der Waals surface area contributed by atoms with Gasteiger partial charge >= 0.3 is 11.9 Å². The van der Waals surface area contributed by atoms with Gasteiger partial charge in [0.25, 0.3) is 0 Å². The molecule has 4 rings (SSSR count). The third kappa shape index (κ3) is 8.35. The van der Waals surface area contributed by atoms with Crippen molar-refractivity contribution >= 4 is 22.9 Å². The van der Waals surface area contributed by atoms with Crippen LogP contribution in [0, 0.1) is 24.7 Å². The van der Waals surface area contributed by atoms with Gasteiger partial charge in [0.15, 0.2) is 0 Å². The fraction of sp³-hybridized carbons (Fsp3) is 0.412. The van der Waals surface area contributed by atoms with Crippen molar-refractivity contribution in [2.24, 2.45) is 5.92 Å². The number of carbonyl (C=O) groups is 2. The SMILES string of the molecule is CCCC(C/C=C1\CC(COC(=O)CCc2cc3cc(C#Cc4ccc(C)cc4)ccc3o2)OC1=O)CCC. The van der Waals surface area contributed by atoms with Gasteiger partial charge in [-0.15, -0.1) is 0 Å². The summed E-state index contributed by atoms with van der Waals surface area (Å²) in [4.78, 5) is 24.6. The van der Waals surface area contributed by atoms with Crippen LogP contribution in [0.4, 0.5) is 0 Å². The summed E-state index contributed by atoms with van der Waals surface area (Å²) in [7, 11) is 0. The van der Waals surface area contributed by atoms with Crippen LogP contribution in [-0.2, 0) is 25.5 Å². The van der Waals surface area contributed by atoms with Crippen molar-refractivity contribution in [1.29, 1.82) is 0 Å². The maximum Gasteiger partial charge on any atom is 0.334 e. The molecule has 0 bridgehead atoms. The smallest absolute Gasteiger partial charge is 0.334 e. The van der Waals surface area contributed by atoms with E-state index in [2.05, 4.69) is 32.6 Å². The van der Waals surface area contributed by atoms with E-state index in [1.807, 2.05) is 54.6 Å². The second-order valence-corrected chi connectivity index (χ2v) is 10.4. The van der Waals surface area contributed by atoms with Crippen LogP contribution in [0.5, 0.6) is 0 Å². The van der Waals surface area contributed by atoms with Crippen molar-refractivity contribution in [1.82, 2.24) is 0 Å². The Kier molecular flexibility index (Phi) is 10.0. The summed E-state index contributed by atoms with van der Waals surface area (Å²) in [6.45, 7) is 6.52. The largest absolute Gasteiger partial charge is 0.462 e. The predicted octanol–water partition coefficient (Wildman–Crippen LogP) is 7.47. The van der Waals surface area contributed by atoms with Gasteiger partial charge in [-0.05, 0) is 55.7 Å². The number of furan rings is 1. The highest BCUT2D eigenvalue weighted by Crippen LogP contribution is 2.25. The lowest BCUT2D eigenvalue weighted by atomic mass is 9.93. The first-order valence-corrected chi connectivity index (χ1v) is 14.1. The van der Waals surface area contributed by atoms with Gasteiger partial charge in [0, 0.05) is 34.9 Å². The molecule has 1 unspecified atom stereocenters. The minimum atomic E-state index is -0.408. The zero-order valence-corrected chi connectivity index (χ0v) is 23.3. The number of esters is 2. The van der Waals surface area contributed by atoms with E-state index in [0.29, 0.717) is 24.3 Å². The van der Waals surface area contributed by atoms with E-state index < -0.39 is 6.10 Å². The van der Waals surface area contributed by atoms with E-state index in [-0.39, 0.29) is 25.0 Å². The van der Waals surface area contributed by atoms with Gasteiger partial charge in [-0.3, -0.25) is 4.79 Å². The van der Waals surface area contributed by atoms with E-state index in [1.165, 1.54) is 18.4 Å². The Balaban J connectivity index is 1.24. The van der Waals surface area contributed by atoms with Gasteiger partial charge in [0.05, 0.1) is 6.42 Å². The lowest BCUT2D eigenvalue weighted by Gasteiger charge is -2.12. The number of aryl methyl sites for hydroxylation is 2. The summed E-state index contributed by atoms with van der Waals surface area (Å²) < 4.78 is 16.8. The monoisotopic (exact) mass is 526 g/mol. The second-order valence-electron chi connectivity index (χ2n) is 10.4. The first kappa shape index (κ1) is 28.2. The van der Waals surface area contributed by atoms with E-state index in [9.17, 15) is 9.59 Å². The van der Waals surface area contributed by atoms with Gasteiger partial charge in [-0.25, -0.2) is 4.79 Å². The van der Waals surface area contributed by atoms with Gasteiger partial charge in [-0.1, -0.05) is 75.1 Å². The molecule has 0 saturated carbocycles. The van der Waals surface area contributed by atoms with E-state index in [1.54, 1.807) is 0 Å². The van der Waals surface area contributed by atoms with Crippen molar-refractivity contribution in [2.45, 2.75) is 78.2 Å². The topological polar surface area (TPSA) is 65.7 Å². The summed E-state index contributed by atoms with van der Waals surface area (Å²) >= 11 is 0. The number of carbonyl (C=O) groups excluding carboxylic acids is 2. The molecule has 39 heavy (non-hydrogen) atoms. The van der Waals surface area contributed by atoms with Crippen molar-refractivity contribution < 1.29 is 23.5 Å². The molecule has 0 radical (unpaired) electrons. The molecule has 1 atom stereocenters. The highest BCUT2D eigenvalue weighted by Gasteiger charge is 2.30. The van der Waals surface area contributed by atoms with Crippen molar-refractivity contribution in [3.8, 4) is 11.8 Å². The van der Waals surface area contributed by atoms with E-state index in [0.717, 1.165) is 47.1 Å². The van der Waals surface area contributed by atoms with Crippen LogP contribution < -0.4 is 0 Å². The van der Waals surface area contributed by atoms with Crippen LogP contribution in [0.15, 0.2) is 64.6 Å². The number of fused-ring (bicyclic) bond motifs is 1. The molecule has 0 spiro atoms. The maximum absolute atomic E-state index is 12.4. The third-order valence-electron chi connectivity index (χ3n) is 7.05. The molecule has 0 amide bonds. The van der Waals surface area contributed by atoms with Crippen LogP contribution in [0.3, 0.4) is 0 Å². The zero-order valence-electron chi connectivity index (χ0n) is 23.3. The third-order valence-corrected chi connectivity index (χ3v) is 7.05. The second kappa shape index (κ2) is 13.8. The lowest BCUT2D eigenvalue weighted by Crippen LogP contribution is -2.18. The molecule has 1 aliphatic rings. The Labute approximate surface area is 231 Å². The molecule has 1 aliphatic heterocycles. The number of benzene rings is 2. The van der Waals surface area contributed by atoms with Crippen molar-refractivity contribution in [2.75, 3.05) is 6.61 Å². The quantitative estimate of drug-likeness (QED) is 0.147. The van der Waals surface area contributed by atoms with Gasteiger partial charge in [0.1, 0.15) is 24.1 Å². The molecule has 0 aliphatic carbocycles. The summed E-state index contributed by atoms with van der Waals surface area (Å²) in [5.41, 5.74) is 4.55. The number of hydrogen-bond donors (Lipinski definition) is 0. The van der Waals surface area contributed by atoms with Crippen LogP contribution in [0.1, 0.15) is 81.2 Å². The molecule has 2 aromatic carbocycles. The average Bonchev–Trinajstić information content (AvgIpc) is 3.51. The van der Waals surface area contributed by atoms with Crippen LogP contribution in [0.25, 0.3) is 11.0 Å². The van der Waals surface area contributed by atoms with Crippen molar-refractivity contribution in [3.05, 3.63) is 82.6 Å².